The van der Waals surface area contributed by atoms with Gasteiger partial charge in [0.15, 0.2) is 5.78 Å². The highest BCUT2D eigenvalue weighted by Gasteiger charge is 2.08. The Labute approximate surface area is 120 Å². The molecule has 2 aromatic rings. The van der Waals surface area contributed by atoms with E-state index in [4.69, 9.17) is 16.3 Å². The quantitative estimate of drug-likeness (QED) is 0.636. The van der Waals surface area contributed by atoms with Crippen LogP contribution in [0.5, 0.6) is 5.88 Å². The summed E-state index contributed by atoms with van der Waals surface area (Å²) in [6.07, 6.45) is 4.40. The van der Waals surface area contributed by atoms with E-state index >= 15 is 0 Å². The van der Waals surface area contributed by atoms with E-state index in [0.717, 1.165) is 6.07 Å². The van der Waals surface area contributed by atoms with Crippen LogP contribution in [0.3, 0.4) is 0 Å². The average Bonchev–Trinajstić information content (AvgIpc) is 2.45. The molecule has 0 N–H and O–H groups in total. The number of ketones is 1. The molecule has 102 valence electrons. The van der Waals surface area contributed by atoms with E-state index in [1.165, 1.54) is 25.3 Å². The lowest BCUT2D eigenvalue weighted by molar-refractivity contribution is 0.104. The van der Waals surface area contributed by atoms with E-state index in [1.807, 2.05) is 0 Å². The maximum Gasteiger partial charge on any atom is 0.212 e. The van der Waals surface area contributed by atoms with Crippen molar-refractivity contribution in [2.45, 2.75) is 0 Å². The molecular weight excluding hydrogens is 281 g/mol. The summed E-state index contributed by atoms with van der Waals surface area (Å²) >= 11 is 5.63. The van der Waals surface area contributed by atoms with Gasteiger partial charge >= 0.3 is 0 Å². The number of halogens is 2. The van der Waals surface area contributed by atoms with Crippen LogP contribution < -0.4 is 4.74 Å². The van der Waals surface area contributed by atoms with Crippen molar-refractivity contribution in [1.82, 2.24) is 4.98 Å². The molecule has 20 heavy (non-hydrogen) atoms. The van der Waals surface area contributed by atoms with Gasteiger partial charge < -0.3 is 4.74 Å². The third-order valence-corrected chi connectivity index (χ3v) is 2.83. The Morgan fingerprint density at radius 2 is 2.15 bits per heavy atom. The number of methoxy groups -OCH3 is 1. The molecule has 3 nitrogen and oxygen atoms in total. The number of carbonyl (C=O) groups excluding carboxylic acids is 1. The largest absolute Gasteiger partial charge is 0.481 e. The van der Waals surface area contributed by atoms with Crippen molar-refractivity contribution in [3.63, 3.8) is 0 Å². The fraction of sp³-hybridized carbons (Fsp3) is 0.0667. The summed E-state index contributed by atoms with van der Waals surface area (Å²) in [6.45, 7) is 0. The Morgan fingerprint density at radius 3 is 2.75 bits per heavy atom. The minimum atomic E-state index is -0.639. The maximum absolute atomic E-state index is 13.6. The van der Waals surface area contributed by atoms with Crippen molar-refractivity contribution < 1.29 is 13.9 Å². The Hall–Kier alpha value is -2.20. The van der Waals surface area contributed by atoms with Crippen LogP contribution in [0, 0.1) is 5.82 Å². The smallest absolute Gasteiger partial charge is 0.212 e. The summed E-state index contributed by atoms with van der Waals surface area (Å²) in [6, 6.07) is 7.36. The van der Waals surface area contributed by atoms with Gasteiger partial charge in [-0.05, 0) is 42.0 Å². The second kappa shape index (κ2) is 6.30. The first-order chi connectivity index (χ1) is 9.60. The number of allylic oxidation sites excluding steroid dienone is 1. The van der Waals surface area contributed by atoms with Crippen LogP contribution >= 0.6 is 11.6 Å². The predicted molar refractivity (Wildman–Crippen MR) is 75.6 cm³/mol. The minimum absolute atomic E-state index is 0.0212. The second-order valence-electron chi connectivity index (χ2n) is 3.96. The number of aromatic nitrogens is 1. The third kappa shape index (κ3) is 3.42. The van der Waals surface area contributed by atoms with Crippen molar-refractivity contribution in [2.75, 3.05) is 7.11 Å². The topological polar surface area (TPSA) is 39.2 Å². The highest BCUT2D eigenvalue weighted by Crippen LogP contribution is 2.16. The summed E-state index contributed by atoms with van der Waals surface area (Å²) in [5, 5.41) is 0.252. The van der Waals surface area contributed by atoms with E-state index < -0.39 is 11.6 Å². The van der Waals surface area contributed by atoms with Crippen LogP contribution in [0.25, 0.3) is 6.08 Å². The first-order valence-electron chi connectivity index (χ1n) is 5.77. The van der Waals surface area contributed by atoms with Gasteiger partial charge in [-0.25, -0.2) is 9.37 Å². The molecule has 1 heterocycles. The number of carbonyl (C=O) groups is 1. The van der Waals surface area contributed by atoms with Crippen molar-refractivity contribution in [1.29, 1.82) is 0 Å². The van der Waals surface area contributed by atoms with E-state index in [0.29, 0.717) is 11.4 Å². The number of benzene rings is 1. The minimum Gasteiger partial charge on any atom is -0.481 e. The number of pyridine rings is 1. The summed E-state index contributed by atoms with van der Waals surface area (Å²) in [5.41, 5.74) is 0.695. The SMILES string of the molecule is COc1ccc(/C=C/C(=O)c2ccc(Cl)cc2F)cn1. The second-order valence-corrected chi connectivity index (χ2v) is 4.39. The molecule has 1 aromatic heterocycles. The highest BCUT2D eigenvalue weighted by molar-refractivity contribution is 6.30. The monoisotopic (exact) mass is 291 g/mol. The fourth-order valence-electron chi connectivity index (χ4n) is 1.56. The lowest BCUT2D eigenvalue weighted by Gasteiger charge is -2.00. The van der Waals surface area contributed by atoms with E-state index in [1.54, 1.807) is 24.4 Å². The summed E-state index contributed by atoms with van der Waals surface area (Å²) < 4.78 is 18.5. The zero-order valence-electron chi connectivity index (χ0n) is 10.6. The number of ether oxygens (including phenoxy) is 1. The average molecular weight is 292 g/mol. The molecule has 0 amide bonds. The Kier molecular flexibility index (Phi) is 4.48. The van der Waals surface area contributed by atoms with E-state index in [-0.39, 0.29) is 10.6 Å². The zero-order chi connectivity index (χ0) is 14.5. The van der Waals surface area contributed by atoms with Gasteiger partial charge in [0.05, 0.1) is 12.7 Å². The lowest BCUT2D eigenvalue weighted by Crippen LogP contribution is -1.98. The molecule has 0 bridgehead atoms. The van der Waals surface area contributed by atoms with Crippen LogP contribution in [-0.2, 0) is 0 Å². The van der Waals surface area contributed by atoms with Crippen LogP contribution in [0.4, 0.5) is 4.39 Å². The molecule has 0 fully saturated rings. The van der Waals surface area contributed by atoms with Crippen molar-refractivity contribution >= 4 is 23.5 Å². The summed E-state index contributed by atoms with van der Waals surface area (Å²) in [7, 11) is 1.52. The molecule has 1 aromatic carbocycles. The normalized spacial score (nSPS) is 10.8. The van der Waals surface area contributed by atoms with Gasteiger partial charge in [-0.15, -0.1) is 0 Å². The van der Waals surface area contributed by atoms with Gasteiger partial charge in [-0.2, -0.15) is 0 Å². The van der Waals surface area contributed by atoms with Crippen molar-refractivity contribution in [3.8, 4) is 5.88 Å². The molecule has 2 rings (SSSR count). The summed E-state index contributed by atoms with van der Waals surface area (Å²) in [4.78, 5) is 15.9. The molecular formula is C15H11ClFNO2. The van der Waals surface area contributed by atoms with Gasteiger partial charge in [-0.1, -0.05) is 11.6 Å². The molecule has 0 saturated heterocycles. The maximum atomic E-state index is 13.6. The third-order valence-electron chi connectivity index (χ3n) is 2.59. The van der Waals surface area contributed by atoms with Crippen LogP contribution in [-0.4, -0.2) is 17.9 Å². The molecule has 0 saturated carbocycles. The fourth-order valence-corrected chi connectivity index (χ4v) is 1.72. The van der Waals surface area contributed by atoms with Crippen molar-refractivity contribution in [3.05, 3.63) is 64.6 Å². The van der Waals surface area contributed by atoms with Crippen LogP contribution in [0.15, 0.2) is 42.6 Å². The van der Waals surface area contributed by atoms with Crippen LogP contribution in [0.1, 0.15) is 15.9 Å². The highest BCUT2D eigenvalue weighted by atomic mass is 35.5. The Bertz CT molecular complexity index is 653. The number of hydrogen-bond acceptors (Lipinski definition) is 3. The Morgan fingerprint density at radius 1 is 1.35 bits per heavy atom. The lowest BCUT2D eigenvalue weighted by atomic mass is 10.1. The van der Waals surface area contributed by atoms with Gasteiger partial charge in [0, 0.05) is 17.3 Å². The van der Waals surface area contributed by atoms with Gasteiger partial charge in [0.2, 0.25) is 5.88 Å². The van der Waals surface area contributed by atoms with Gasteiger partial charge in [0.1, 0.15) is 5.82 Å². The van der Waals surface area contributed by atoms with E-state index in [9.17, 15) is 9.18 Å². The predicted octanol–water partition coefficient (Wildman–Crippen LogP) is 3.78. The van der Waals surface area contributed by atoms with E-state index in [2.05, 4.69) is 4.98 Å². The molecule has 0 radical (unpaired) electrons. The molecule has 0 unspecified atom stereocenters. The molecule has 0 aliphatic heterocycles. The first-order valence-corrected chi connectivity index (χ1v) is 6.15. The first kappa shape index (κ1) is 14.2. The summed E-state index contributed by atoms with van der Waals surface area (Å²) in [5.74, 6) is -0.591. The number of hydrogen-bond donors (Lipinski definition) is 0. The molecule has 5 heteroatoms. The standard InChI is InChI=1S/C15H11ClFNO2/c1-20-15-7-3-10(9-18-15)2-6-14(19)12-5-4-11(16)8-13(12)17/h2-9H,1H3/b6-2+. The number of rotatable bonds is 4. The van der Waals surface area contributed by atoms with Crippen LogP contribution in [0.2, 0.25) is 5.02 Å². The number of nitrogens with zero attached hydrogens (tertiary/aromatic N) is 1. The molecule has 0 aliphatic carbocycles. The Balaban J connectivity index is 2.15. The molecule has 0 spiro atoms. The van der Waals surface area contributed by atoms with Gasteiger partial charge in [0.25, 0.3) is 0 Å². The zero-order valence-corrected chi connectivity index (χ0v) is 11.4. The molecule has 0 aliphatic rings. The van der Waals surface area contributed by atoms with Gasteiger partial charge in [-0.3, -0.25) is 4.79 Å². The van der Waals surface area contributed by atoms with Crippen molar-refractivity contribution in [2.24, 2.45) is 0 Å². The molecule has 0 atom stereocenters.